The van der Waals surface area contributed by atoms with E-state index >= 15 is 0 Å². The molecule has 0 saturated heterocycles. The molecule has 2 N–H and O–H groups in total. The number of aromatic amines is 1. The quantitative estimate of drug-likeness (QED) is 0.393. The molecule has 0 fully saturated rings. The predicted octanol–water partition coefficient (Wildman–Crippen LogP) is 4.94. The molecule has 0 saturated carbocycles. The minimum atomic E-state index is -0.832. The summed E-state index contributed by atoms with van der Waals surface area (Å²) in [4.78, 5) is 26.6. The molecule has 0 radical (unpaired) electrons. The van der Waals surface area contributed by atoms with Gasteiger partial charge in [0, 0.05) is 25.1 Å². The number of benzene rings is 2. The van der Waals surface area contributed by atoms with Crippen molar-refractivity contribution in [1.29, 1.82) is 0 Å². The smallest absolute Gasteiger partial charge is 0.309 e. The van der Waals surface area contributed by atoms with Crippen molar-refractivity contribution < 1.29 is 14.7 Å². The molecular formula is C26H33N5O3. The predicted molar refractivity (Wildman–Crippen MR) is 131 cm³/mol. The fraction of sp³-hybridized carbons (Fsp3) is 0.423. The number of nitrogens with one attached hydrogen (secondary N) is 1. The summed E-state index contributed by atoms with van der Waals surface area (Å²) in [5, 5.41) is 23.9. The Hall–Kier alpha value is -3.55. The zero-order chi connectivity index (χ0) is 24.6. The van der Waals surface area contributed by atoms with Crippen molar-refractivity contribution in [3.63, 3.8) is 0 Å². The summed E-state index contributed by atoms with van der Waals surface area (Å²) in [5.41, 5.74) is 3.15. The number of nitrogens with zero attached hydrogens (tertiary/aromatic N) is 4. The molecule has 34 heavy (non-hydrogen) atoms. The minimum absolute atomic E-state index is 0.00150. The number of amides is 1. The standard InChI is InChI=1S/C26H33N5O3/c1-4-17-31(23(32)15-16-26(5-2,6-3)25(33)34)18-19-11-13-20(14-12-19)21-9-7-8-10-22(21)24-27-29-30-28-24/h7-14H,4-6,15-18H2,1-3H3,(H,33,34)(H,27,28,29,30). The minimum Gasteiger partial charge on any atom is -0.481 e. The monoisotopic (exact) mass is 463 g/mol. The maximum Gasteiger partial charge on any atom is 0.309 e. The molecule has 0 bridgehead atoms. The van der Waals surface area contributed by atoms with Crippen LogP contribution in [0.25, 0.3) is 22.5 Å². The Bertz CT molecular complexity index is 1080. The maximum atomic E-state index is 13.0. The molecule has 1 amide bonds. The van der Waals surface area contributed by atoms with Crippen molar-refractivity contribution in [2.75, 3.05) is 6.54 Å². The number of hydrogen-bond acceptors (Lipinski definition) is 5. The highest BCUT2D eigenvalue weighted by atomic mass is 16.4. The summed E-state index contributed by atoms with van der Waals surface area (Å²) in [6.45, 7) is 6.94. The molecule has 0 atom stereocenters. The molecule has 180 valence electrons. The van der Waals surface area contributed by atoms with Crippen molar-refractivity contribution >= 4 is 11.9 Å². The van der Waals surface area contributed by atoms with Crippen LogP contribution in [0.2, 0.25) is 0 Å². The van der Waals surface area contributed by atoms with Gasteiger partial charge in [-0.3, -0.25) is 9.59 Å². The van der Waals surface area contributed by atoms with Gasteiger partial charge in [-0.25, -0.2) is 5.10 Å². The van der Waals surface area contributed by atoms with Crippen molar-refractivity contribution in [1.82, 2.24) is 25.5 Å². The number of carboxylic acids is 1. The second-order valence-corrected chi connectivity index (χ2v) is 8.60. The van der Waals surface area contributed by atoms with Gasteiger partial charge in [-0.05, 0) is 52.8 Å². The molecule has 8 heteroatoms. The third kappa shape index (κ3) is 5.68. The number of H-pyrrole nitrogens is 1. The van der Waals surface area contributed by atoms with Gasteiger partial charge in [-0.2, -0.15) is 0 Å². The number of hydrogen-bond donors (Lipinski definition) is 2. The van der Waals surface area contributed by atoms with Gasteiger partial charge < -0.3 is 10.0 Å². The highest BCUT2D eigenvalue weighted by Gasteiger charge is 2.35. The van der Waals surface area contributed by atoms with E-state index in [0.717, 1.165) is 28.7 Å². The Balaban J connectivity index is 1.73. The lowest BCUT2D eigenvalue weighted by Gasteiger charge is -2.28. The molecular weight excluding hydrogens is 430 g/mol. The number of rotatable bonds is 12. The number of carbonyl (C=O) groups excluding carboxylic acids is 1. The highest BCUT2D eigenvalue weighted by molar-refractivity contribution is 5.81. The van der Waals surface area contributed by atoms with Crippen LogP contribution in [0.4, 0.5) is 0 Å². The summed E-state index contributed by atoms with van der Waals surface area (Å²) < 4.78 is 0. The first-order chi connectivity index (χ1) is 16.4. The Morgan fingerprint density at radius 3 is 2.24 bits per heavy atom. The van der Waals surface area contributed by atoms with Crippen LogP contribution in [0.15, 0.2) is 48.5 Å². The molecule has 8 nitrogen and oxygen atoms in total. The third-order valence-corrected chi connectivity index (χ3v) is 6.64. The SMILES string of the molecule is CCCN(Cc1ccc(-c2ccccc2-c2nnn[nH]2)cc1)C(=O)CCC(CC)(CC)C(=O)O. The molecule has 0 spiro atoms. The number of carbonyl (C=O) groups is 2. The summed E-state index contributed by atoms with van der Waals surface area (Å²) in [6.07, 6.45) is 2.49. The molecule has 0 unspecified atom stereocenters. The van der Waals surface area contributed by atoms with E-state index in [0.29, 0.717) is 38.2 Å². The lowest BCUT2D eigenvalue weighted by molar-refractivity contribution is -0.150. The van der Waals surface area contributed by atoms with Gasteiger partial charge in [0.05, 0.1) is 5.41 Å². The van der Waals surface area contributed by atoms with E-state index in [9.17, 15) is 14.7 Å². The molecule has 1 heterocycles. The Kier molecular flexibility index (Phi) is 8.51. The van der Waals surface area contributed by atoms with E-state index in [2.05, 4.69) is 20.6 Å². The van der Waals surface area contributed by atoms with E-state index in [1.54, 1.807) is 0 Å². The molecule has 0 aliphatic rings. The van der Waals surface area contributed by atoms with Gasteiger partial charge in [-0.1, -0.05) is 69.3 Å². The van der Waals surface area contributed by atoms with Crippen molar-refractivity contribution in [2.24, 2.45) is 5.41 Å². The van der Waals surface area contributed by atoms with Gasteiger partial charge in [0.25, 0.3) is 0 Å². The van der Waals surface area contributed by atoms with Crippen LogP contribution < -0.4 is 0 Å². The van der Waals surface area contributed by atoms with Crippen molar-refractivity contribution in [2.45, 2.75) is 59.4 Å². The fourth-order valence-corrected chi connectivity index (χ4v) is 4.30. The molecule has 3 aromatic rings. The molecule has 0 aliphatic carbocycles. The molecule has 2 aromatic carbocycles. The summed E-state index contributed by atoms with van der Waals surface area (Å²) >= 11 is 0. The third-order valence-electron chi connectivity index (χ3n) is 6.64. The Morgan fingerprint density at radius 1 is 1.00 bits per heavy atom. The van der Waals surface area contributed by atoms with Crippen molar-refractivity contribution in [3.8, 4) is 22.5 Å². The van der Waals surface area contributed by atoms with Gasteiger partial charge in [0.1, 0.15) is 0 Å². The van der Waals surface area contributed by atoms with E-state index in [4.69, 9.17) is 0 Å². The summed E-state index contributed by atoms with van der Waals surface area (Å²) in [7, 11) is 0. The lowest BCUT2D eigenvalue weighted by Crippen LogP contribution is -2.35. The first kappa shape index (κ1) is 25.1. The average molecular weight is 464 g/mol. The zero-order valence-electron chi connectivity index (χ0n) is 20.1. The van der Waals surface area contributed by atoms with E-state index < -0.39 is 11.4 Å². The van der Waals surface area contributed by atoms with Gasteiger partial charge in [0.15, 0.2) is 5.82 Å². The van der Waals surface area contributed by atoms with Crippen LogP contribution in [0, 0.1) is 5.41 Å². The maximum absolute atomic E-state index is 13.0. The van der Waals surface area contributed by atoms with Crippen LogP contribution in [0.5, 0.6) is 0 Å². The number of aliphatic carboxylic acids is 1. The van der Waals surface area contributed by atoms with E-state index in [1.807, 2.05) is 74.2 Å². The van der Waals surface area contributed by atoms with Crippen LogP contribution in [0.1, 0.15) is 58.4 Å². The summed E-state index contributed by atoms with van der Waals surface area (Å²) in [6, 6.07) is 16.0. The van der Waals surface area contributed by atoms with Crippen LogP contribution in [-0.2, 0) is 16.1 Å². The first-order valence-electron chi connectivity index (χ1n) is 11.9. The average Bonchev–Trinajstić information content (AvgIpc) is 3.40. The zero-order valence-corrected chi connectivity index (χ0v) is 20.1. The van der Waals surface area contributed by atoms with E-state index in [1.165, 1.54) is 0 Å². The van der Waals surface area contributed by atoms with Crippen LogP contribution >= 0.6 is 0 Å². The molecule has 0 aliphatic heterocycles. The Morgan fingerprint density at radius 2 is 1.68 bits per heavy atom. The topological polar surface area (TPSA) is 112 Å². The summed E-state index contributed by atoms with van der Waals surface area (Å²) in [5.74, 6) is -0.207. The first-order valence-corrected chi connectivity index (χ1v) is 11.9. The van der Waals surface area contributed by atoms with Crippen LogP contribution in [0.3, 0.4) is 0 Å². The van der Waals surface area contributed by atoms with Crippen molar-refractivity contribution in [3.05, 3.63) is 54.1 Å². The largest absolute Gasteiger partial charge is 0.481 e. The highest BCUT2D eigenvalue weighted by Crippen LogP contribution is 2.33. The second-order valence-electron chi connectivity index (χ2n) is 8.60. The van der Waals surface area contributed by atoms with Gasteiger partial charge >= 0.3 is 5.97 Å². The molecule has 3 rings (SSSR count). The van der Waals surface area contributed by atoms with Crippen LogP contribution in [-0.4, -0.2) is 49.1 Å². The van der Waals surface area contributed by atoms with Gasteiger partial charge in [0.2, 0.25) is 5.91 Å². The Labute approximate surface area is 200 Å². The van der Waals surface area contributed by atoms with E-state index in [-0.39, 0.29) is 12.3 Å². The fourth-order valence-electron chi connectivity index (χ4n) is 4.30. The normalized spacial score (nSPS) is 11.4. The number of carboxylic acid groups (broad SMARTS) is 1. The second kappa shape index (κ2) is 11.5. The number of tetrazole rings is 1. The molecule has 1 aromatic heterocycles. The number of aromatic nitrogens is 4. The van der Waals surface area contributed by atoms with Gasteiger partial charge in [-0.15, -0.1) is 5.10 Å². The lowest BCUT2D eigenvalue weighted by atomic mass is 9.78.